The number of imide groups is 1. The van der Waals surface area contributed by atoms with E-state index >= 15 is 0 Å². The van der Waals surface area contributed by atoms with Crippen LogP contribution in [0.25, 0.3) is 0 Å². The second kappa shape index (κ2) is 3.13. The third-order valence-corrected chi connectivity index (χ3v) is 1.65. The van der Waals surface area contributed by atoms with Crippen molar-refractivity contribution in [3.63, 3.8) is 0 Å². The minimum atomic E-state index is -0.408. The molecule has 62 valence electrons. The molecule has 2 atom stereocenters. The van der Waals surface area contributed by atoms with Crippen molar-refractivity contribution in [2.75, 3.05) is 0 Å². The summed E-state index contributed by atoms with van der Waals surface area (Å²) in [6, 6.07) is -0.802. The maximum atomic E-state index is 10.9. The fourth-order valence-electron chi connectivity index (χ4n) is 0.966. The molecular weight excluding hydrogens is 164 g/mol. The molecule has 0 aliphatic carbocycles. The lowest BCUT2D eigenvalue weighted by molar-refractivity contribution is -0.120. The molecule has 1 unspecified atom stereocenters. The van der Waals surface area contributed by atoms with Gasteiger partial charge in [0.2, 0.25) is 0 Å². The standard InChI is InChI=1S/C6H10N2O2S/c1-3(11)2-4-5(9)8-6(10)7-4/h3-4,11H,2H2,1H3,(H2,7,8,9,10)/t3?,4-/m0/s1. The van der Waals surface area contributed by atoms with E-state index in [2.05, 4.69) is 23.3 Å². The number of amides is 3. The number of nitrogens with one attached hydrogen (secondary N) is 2. The smallest absolute Gasteiger partial charge is 0.322 e. The highest BCUT2D eigenvalue weighted by molar-refractivity contribution is 7.80. The van der Waals surface area contributed by atoms with E-state index in [1.807, 2.05) is 6.92 Å². The van der Waals surface area contributed by atoms with Crippen molar-refractivity contribution in [3.05, 3.63) is 0 Å². The third kappa shape index (κ3) is 2.11. The third-order valence-electron chi connectivity index (χ3n) is 1.44. The van der Waals surface area contributed by atoms with Gasteiger partial charge in [0.1, 0.15) is 6.04 Å². The van der Waals surface area contributed by atoms with Gasteiger partial charge in [-0.25, -0.2) is 4.79 Å². The normalized spacial score (nSPS) is 26.2. The van der Waals surface area contributed by atoms with Gasteiger partial charge in [0.05, 0.1) is 0 Å². The zero-order valence-corrected chi connectivity index (χ0v) is 7.02. The number of rotatable bonds is 2. The molecule has 0 bridgehead atoms. The number of carbonyl (C=O) groups is 2. The molecule has 1 heterocycles. The van der Waals surface area contributed by atoms with Gasteiger partial charge in [0.15, 0.2) is 0 Å². The van der Waals surface area contributed by atoms with Gasteiger partial charge < -0.3 is 5.32 Å². The SMILES string of the molecule is CC(S)C[C@@H]1NC(=O)NC1=O. The Labute approximate surface area is 70.1 Å². The molecule has 0 saturated carbocycles. The van der Waals surface area contributed by atoms with Crippen LogP contribution in [-0.4, -0.2) is 23.2 Å². The van der Waals surface area contributed by atoms with Crippen molar-refractivity contribution in [2.24, 2.45) is 0 Å². The lowest BCUT2D eigenvalue weighted by Crippen LogP contribution is -2.30. The highest BCUT2D eigenvalue weighted by atomic mass is 32.1. The summed E-state index contributed by atoms with van der Waals surface area (Å²) in [5.74, 6) is -0.254. The average Bonchev–Trinajstić information content (AvgIpc) is 2.09. The molecule has 3 amide bonds. The molecule has 1 rings (SSSR count). The van der Waals surface area contributed by atoms with E-state index in [1.54, 1.807) is 0 Å². The summed E-state index contributed by atoms with van der Waals surface area (Å²) in [6.45, 7) is 1.88. The number of carbonyl (C=O) groups excluding carboxylic acids is 2. The second-order valence-corrected chi connectivity index (χ2v) is 3.48. The lowest BCUT2D eigenvalue weighted by atomic mass is 10.2. The van der Waals surface area contributed by atoms with E-state index < -0.39 is 12.1 Å². The number of thiol groups is 1. The summed E-state index contributed by atoms with van der Waals surface area (Å²) in [5, 5.41) is 4.75. The van der Waals surface area contributed by atoms with Crippen molar-refractivity contribution in [1.29, 1.82) is 0 Å². The zero-order chi connectivity index (χ0) is 8.43. The fourth-order valence-corrected chi connectivity index (χ4v) is 1.18. The summed E-state index contributed by atoms with van der Waals surface area (Å²) in [7, 11) is 0. The Kier molecular flexibility index (Phi) is 2.38. The summed E-state index contributed by atoms with van der Waals surface area (Å²) >= 11 is 4.11. The van der Waals surface area contributed by atoms with Gasteiger partial charge in [0.25, 0.3) is 5.91 Å². The van der Waals surface area contributed by atoms with Crippen LogP contribution in [0.4, 0.5) is 4.79 Å². The molecule has 1 aliphatic rings. The molecule has 0 radical (unpaired) electrons. The Hall–Kier alpha value is -0.710. The van der Waals surface area contributed by atoms with Crippen LogP contribution in [0, 0.1) is 0 Å². The first-order valence-electron chi connectivity index (χ1n) is 3.39. The predicted octanol–water partition coefficient (Wildman–Crippen LogP) is -0.0972. The van der Waals surface area contributed by atoms with Gasteiger partial charge in [-0.05, 0) is 6.42 Å². The second-order valence-electron chi connectivity index (χ2n) is 2.60. The molecule has 1 fully saturated rings. The fraction of sp³-hybridized carbons (Fsp3) is 0.667. The molecule has 0 spiro atoms. The van der Waals surface area contributed by atoms with Crippen LogP contribution in [0.2, 0.25) is 0 Å². The van der Waals surface area contributed by atoms with Crippen LogP contribution in [0.15, 0.2) is 0 Å². The Morgan fingerprint density at radius 2 is 2.27 bits per heavy atom. The zero-order valence-electron chi connectivity index (χ0n) is 6.13. The Balaban J connectivity index is 2.47. The van der Waals surface area contributed by atoms with Crippen molar-refractivity contribution in [2.45, 2.75) is 24.6 Å². The highest BCUT2D eigenvalue weighted by Crippen LogP contribution is 2.06. The van der Waals surface area contributed by atoms with Crippen LogP contribution in [-0.2, 0) is 4.79 Å². The summed E-state index contributed by atoms with van der Waals surface area (Å²) in [4.78, 5) is 21.5. The maximum Gasteiger partial charge on any atom is 0.322 e. The number of hydrogen-bond acceptors (Lipinski definition) is 3. The van der Waals surface area contributed by atoms with Crippen LogP contribution < -0.4 is 10.6 Å². The van der Waals surface area contributed by atoms with E-state index in [0.29, 0.717) is 6.42 Å². The van der Waals surface area contributed by atoms with Crippen molar-refractivity contribution >= 4 is 24.6 Å². The van der Waals surface area contributed by atoms with Crippen molar-refractivity contribution < 1.29 is 9.59 Å². The predicted molar refractivity (Wildman–Crippen MR) is 43.5 cm³/mol. The molecule has 1 aliphatic heterocycles. The van der Waals surface area contributed by atoms with Gasteiger partial charge in [-0.2, -0.15) is 12.6 Å². The maximum absolute atomic E-state index is 10.9. The highest BCUT2D eigenvalue weighted by Gasteiger charge is 2.29. The topological polar surface area (TPSA) is 58.2 Å². The van der Waals surface area contributed by atoms with Crippen LogP contribution in [0.3, 0.4) is 0 Å². The van der Waals surface area contributed by atoms with Crippen LogP contribution in [0.1, 0.15) is 13.3 Å². The summed E-state index contributed by atoms with van der Waals surface area (Å²) < 4.78 is 0. The monoisotopic (exact) mass is 174 g/mol. The largest absolute Gasteiger partial charge is 0.326 e. The van der Waals surface area contributed by atoms with Crippen molar-refractivity contribution in [3.8, 4) is 0 Å². The molecule has 11 heavy (non-hydrogen) atoms. The Bertz CT molecular complexity index is 193. The lowest BCUT2D eigenvalue weighted by Gasteiger charge is -2.07. The molecule has 2 N–H and O–H groups in total. The molecule has 4 nitrogen and oxygen atoms in total. The minimum Gasteiger partial charge on any atom is -0.326 e. The van der Waals surface area contributed by atoms with Gasteiger partial charge in [-0.3, -0.25) is 10.1 Å². The van der Waals surface area contributed by atoms with Crippen molar-refractivity contribution in [1.82, 2.24) is 10.6 Å². The summed E-state index contributed by atoms with van der Waals surface area (Å²) in [5.41, 5.74) is 0. The molecule has 0 aromatic rings. The minimum absolute atomic E-state index is 0.115. The first-order valence-corrected chi connectivity index (χ1v) is 3.90. The van der Waals surface area contributed by atoms with E-state index in [1.165, 1.54) is 0 Å². The molecule has 5 heteroatoms. The van der Waals surface area contributed by atoms with Crippen LogP contribution in [0.5, 0.6) is 0 Å². The van der Waals surface area contributed by atoms with E-state index in [0.717, 1.165) is 0 Å². The van der Waals surface area contributed by atoms with E-state index in [9.17, 15) is 9.59 Å². The van der Waals surface area contributed by atoms with Gasteiger partial charge in [-0.1, -0.05) is 6.92 Å². The van der Waals surface area contributed by atoms with Gasteiger partial charge >= 0.3 is 6.03 Å². The number of urea groups is 1. The van der Waals surface area contributed by atoms with E-state index in [-0.39, 0.29) is 11.2 Å². The van der Waals surface area contributed by atoms with Gasteiger partial charge in [0, 0.05) is 5.25 Å². The quantitative estimate of drug-likeness (QED) is 0.404. The number of hydrogen-bond donors (Lipinski definition) is 3. The molecule has 1 saturated heterocycles. The first-order chi connectivity index (χ1) is 5.09. The first kappa shape index (κ1) is 8.39. The Morgan fingerprint density at radius 1 is 1.64 bits per heavy atom. The molecular formula is C6H10N2O2S. The average molecular weight is 174 g/mol. The van der Waals surface area contributed by atoms with E-state index in [4.69, 9.17) is 0 Å². The Morgan fingerprint density at radius 3 is 2.64 bits per heavy atom. The summed E-state index contributed by atoms with van der Waals surface area (Å²) in [6.07, 6.45) is 0.570. The van der Waals surface area contributed by atoms with Crippen LogP contribution >= 0.6 is 12.6 Å². The van der Waals surface area contributed by atoms with Gasteiger partial charge in [-0.15, -0.1) is 0 Å². The molecule has 0 aromatic carbocycles. The molecule has 0 aromatic heterocycles.